The molecular weight excluding hydrogens is 419 g/mol. The van der Waals surface area contributed by atoms with E-state index in [1.54, 1.807) is 0 Å². The average molecular weight is 437 g/mol. The fourth-order valence-electron chi connectivity index (χ4n) is 4.02. The van der Waals surface area contributed by atoms with E-state index < -0.39 is 0 Å². The molecule has 0 aliphatic carbocycles. The molecule has 0 amide bonds. The molecule has 0 aliphatic heterocycles. The minimum Gasteiger partial charge on any atom is -0.0836 e. The lowest BCUT2D eigenvalue weighted by Gasteiger charge is -2.05. The Bertz CT molecular complexity index is 1400. The molecular formula is C28H18Cl2. The van der Waals surface area contributed by atoms with Gasteiger partial charge in [-0.2, -0.15) is 0 Å². The van der Waals surface area contributed by atoms with Gasteiger partial charge in [0, 0.05) is 20.8 Å². The molecule has 0 heterocycles. The number of benzene rings is 6. The molecule has 0 aliphatic rings. The molecule has 6 rings (SSSR count). The van der Waals surface area contributed by atoms with Gasteiger partial charge in [0.1, 0.15) is 0 Å². The smallest absolute Gasteiger partial charge is 0.0490 e. The Morgan fingerprint density at radius 1 is 0.333 bits per heavy atom. The molecule has 0 spiro atoms. The molecule has 0 saturated heterocycles. The van der Waals surface area contributed by atoms with Gasteiger partial charge in [0.2, 0.25) is 0 Å². The van der Waals surface area contributed by atoms with E-state index >= 15 is 0 Å². The topological polar surface area (TPSA) is 0 Å². The van der Waals surface area contributed by atoms with E-state index in [1.165, 1.54) is 32.3 Å². The number of fused-ring (bicyclic) bond motifs is 6. The number of hydrogen-bond donors (Lipinski definition) is 0. The van der Waals surface area contributed by atoms with Crippen LogP contribution in [-0.4, -0.2) is 0 Å². The van der Waals surface area contributed by atoms with Crippen molar-refractivity contribution in [1.29, 1.82) is 0 Å². The maximum Gasteiger partial charge on any atom is 0.0490 e. The van der Waals surface area contributed by atoms with Gasteiger partial charge in [-0.25, -0.2) is 0 Å². The van der Waals surface area contributed by atoms with Crippen LogP contribution in [0, 0.1) is 0 Å². The Morgan fingerprint density at radius 3 is 1.03 bits per heavy atom. The van der Waals surface area contributed by atoms with Crippen molar-refractivity contribution >= 4 is 66.3 Å². The Hall–Kier alpha value is -3.06. The second-order valence-electron chi connectivity index (χ2n) is 7.25. The van der Waals surface area contributed by atoms with E-state index in [-0.39, 0.29) is 0 Å². The zero-order chi connectivity index (χ0) is 20.5. The molecule has 6 aromatic carbocycles. The van der Waals surface area contributed by atoms with Gasteiger partial charge in [0.25, 0.3) is 0 Å². The van der Waals surface area contributed by atoms with Crippen LogP contribution in [0.2, 0.25) is 10.0 Å². The van der Waals surface area contributed by atoms with Crippen LogP contribution in [0.15, 0.2) is 109 Å². The van der Waals surface area contributed by atoms with Crippen LogP contribution in [0.25, 0.3) is 43.1 Å². The minimum absolute atomic E-state index is 0.823. The van der Waals surface area contributed by atoms with E-state index in [4.69, 9.17) is 23.2 Å². The van der Waals surface area contributed by atoms with Crippen LogP contribution >= 0.6 is 23.2 Å². The fraction of sp³-hybridized carbons (Fsp3) is 0. The molecule has 0 bridgehead atoms. The first kappa shape index (κ1) is 18.9. The predicted molar refractivity (Wildman–Crippen MR) is 133 cm³/mol. The van der Waals surface area contributed by atoms with Crippen molar-refractivity contribution in [1.82, 2.24) is 0 Å². The van der Waals surface area contributed by atoms with Gasteiger partial charge in [-0.1, -0.05) is 120 Å². The third-order valence-electron chi connectivity index (χ3n) is 5.44. The first-order chi connectivity index (χ1) is 14.7. The molecule has 6 aromatic rings. The third kappa shape index (κ3) is 3.39. The first-order valence-corrected chi connectivity index (χ1v) is 10.6. The van der Waals surface area contributed by atoms with E-state index in [9.17, 15) is 0 Å². The lowest BCUT2D eigenvalue weighted by atomic mass is 10.2. The van der Waals surface area contributed by atoms with Gasteiger partial charge in [-0.15, -0.1) is 0 Å². The minimum atomic E-state index is 0.823. The Balaban J connectivity index is 0.000000128. The van der Waals surface area contributed by atoms with Gasteiger partial charge in [0.15, 0.2) is 0 Å². The van der Waals surface area contributed by atoms with Crippen LogP contribution in [0.1, 0.15) is 0 Å². The molecule has 0 atom stereocenters. The molecule has 2 heteroatoms. The number of halogens is 2. The molecule has 0 N–H and O–H groups in total. The maximum atomic E-state index is 6.24. The van der Waals surface area contributed by atoms with Gasteiger partial charge in [-0.3, -0.25) is 0 Å². The number of hydrogen-bond acceptors (Lipinski definition) is 0. The second-order valence-corrected chi connectivity index (χ2v) is 8.06. The lowest BCUT2D eigenvalue weighted by Crippen LogP contribution is -1.78. The summed E-state index contributed by atoms with van der Waals surface area (Å²) in [5, 5.41) is 11.3. The summed E-state index contributed by atoms with van der Waals surface area (Å²) in [6.45, 7) is 0. The molecule has 0 saturated carbocycles. The largest absolute Gasteiger partial charge is 0.0836 e. The van der Waals surface area contributed by atoms with E-state index in [1.807, 2.05) is 48.5 Å². The van der Waals surface area contributed by atoms with Crippen LogP contribution < -0.4 is 0 Å². The van der Waals surface area contributed by atoms with Crippen molar-refractivity contribution in [3.8, 4) is 0 Å². The standard InChI is InChI=1S/2C14H9Cl/c2*15-14-9-10-5-1-2-6-11(10)12-7-3-4-8-13(12)14/h2*1-9H/i3+1,4+1,7+1,8+1,12+1,13+1;1+1,2+1,5+1,6+1,10+1,11+1. The van der Waals surface area contributed by atoms with Crippen molar-refractivity contribution < 1.29 is 0 Å². The number of rotatable bonds is 0. The summed E-state index contributed by atoms with van der Waals surface area (Å²) in [7, 11) is 0. The zero-order valence-corrected chi connectivity index (χ0v) is 17.7. The molecule has 0 unspecified atom stereocenters. The van der Waals surface area contributed by atoms with E-state index in [0.717, 1.165) is 20.8 Å². The highest BCUT2D eigenvalue weighted by Crippen LogP contribution is 2.32. The molecule has 144 valence electrons. The molecule has 30 heavy (non-hydrogen) atoms. The highest BCUT2D eigenvalue weighted by molar-refractivity contribution is 6.38. The van der Waals surface area contributed by atoms with Gasteiger partial charge in [-0.05, 0) is 44.5 Å². The summed E-state index contributed by atoms with van der Waals surface area (Å²) in [6, 6.07) is 37.2. The Labute approximate surface area is 185 Å². The highest BCUT2D eigenvalue weighted by Gasteiger charge is 2.04. The average Bonchev–Trinajstić information content (AvgIpc) is 2.80. The van der Waals surface area contributed by atoms with Crippen molar-refractivity contribution in [2.24, 2.45) is 0 Å². The normalized spacial score (nSPS) is 11.0. The monoisotopic (exact) mass is 436 g/mol. The summed E-state index contributed by atoms with van der Waals surface area (Å²) < 4.78 is 0. The molecule has 0 aromatic heterocycles. The zero-order valence-electron chi connectivity index (χ0n) is 16.1. The van der Waals surface area contributed by atoms with Crippen molar-refractivity contribution in [3.05, 3.63) is 119 Å². The van der Waals surface area contributed by atoms with Gasteiger partial charge >= 0.3 is 0 Å². The van der Waals surface area contributed by atoms with E-state index in [0.29, 0.717) is 0 Å². The second kappa shape index (κ2) is 7.99. The molecule has 0 nitrogen and oxygen atoms in total. The van der Waals surface area contributed by atoms with Gasteiger partial charge in [0.05, 0.1) is 0 Å². The summed E-state index contributed by atoms with van der Waals surface area (Å²) in [5.74, 6) is 0. The summed E-state index contributed by atoms with van der Waals surface area (Å²) >= 11 is 12.5. The molecule has 0 fully saturated rings. The third-order valence-corrected chi connectivity index (χ3v) is 6.06. The first-order valence-electron chi connectivity index (χ1n) is 9.84. The van der Waals surface area contributed by atoms with E-state index in [2.05, 4.69) is 60.7 Å². The Morgan fingerprint density at radius 2 is 0.633 bits per heavy atom. The maximum absolute atomic E-state index is 6.24. The molecule has 0 radical (unpaired) electrons. The Kier molecular flexibility index (Phi) is 5.04. The van der Waals surface area contributed by atoms with Crippen LogP contribution in [0.4, 0.5) is 0 Å². The SMILES string of the molecule is Clc1c[13c]2[13cH][13cH][13cH][13cH][13c]2c2ccccc12.Clc1cc2ccccc2[13c]2[13cH][13cH][13cH][13cH][13c]12. The summed E-state index contributed by atoms with van der Waals surface area (Å²) in [5.41, 5.74) is 0. The fourth-order valence-corrected chi connectivity index (χ4v) is 4.58. The van der Waals surface area contributed by atoms with Crippen molar-refractivity contribution in [3.63, 3.8) is 0 Å². The summed E-state index contributed by atoms with van der Waals surface area (Å²) in [6.07, 6.45) is 0. The van der Waals surface area contributed by atoms with Crippen LogP contribution in [0.5, 0.6) is 0 Å². The van der Waals surface area contributed by atoms with Crippen LogP contribution in [-0.2, 0) is 0 Å². The highest BCUT2D eigenvalue weighted by atomic mass is 35.5. The quantitative estimate of drug-likeness (QED) is 0.208. The lowest BCUT2D eigenvalue weighted by molar-refractivity contribution is 1.76. The summed E-state index contributed by atoms with van der Waals surface area (Å²) in [4.78, 5) is 0. The van der Waals surface area contributed by atoms with Gasteiger partial charge < -0.3 is 0 Å². The predicted octanol–water partition coefficient (Wildman–Crippen LogP) is 9.29. The van der Waals surface area contributed by atoms with Crippen molar-refractivity contribution in [2.45, 2.75) is 0 Å². The van der Waals surface area contributed by atoms with Crippen molar-refractivity contribution in [2.75, 3.05) is 0 Å². The van der Waals surface area contributed by atoms with Crippen LogP contribution in [0.3, 0.4) is 0 Å².